The number of hydrogen-bond donors (Lipinski definition) is 1. The van der Waals surface area contributed by atoms with Gasteiger partial charge >= 0.3 is 0 Å². The highest BCUT2D eigenvalue weighted by atomic mass is 79.9. The van der Waals surface area contributed by atoms with Crippen LogP contribution in [0.5, 0.6) is 0 Å². The number of halogens is 3. The van der Waals surface area contributed by atoms with Gasteiger partial charge in [0.15, 0.2) is 5.82 Å². The topological polar surface area (TPSA) is 29.1 Å². The Morgan fingerprint density at radius 3 is 2.83 bits per heavy atom. The van der Waals surface area contributed by atoms with Crippen LogP contribution in [0.1, 0.15) is 29.6 Å². The molecule has 1 saturated carbocycles. The van der Waals surface area contributed by atoms with E-state index in [-0.39, 0.29) is 16.0 Å². The number of alkyl halides is 1. The second-order valence-electron chi connectivity index (χ2n) is 4.72. The van der Waals surface area contributed by atoms with E-state index in [4.69, 9.17) is 11.6 Å². The van der Waals surface area contributed by atoms with Crippen molar-refractivity contribution in [3.05, 3.63) is 34.6 Å². The van der Waals surface area contributed by atoms with Gasteiger partial charge in [-0.1, -0.05) is 33.6 Å². The van der Waals surface area contributed by atoms with Crippen molar-refractivity contribution in [2.24, 2.45) is 5.41 Å². The quantitative estimate of drug-likeness (QED) is 0.816. The third-order valence-electron chi connectivity index (χ3n) is 3.40. The Morgan fingerprint density at radius 1 is 1.50 bits per heavy atom. The average Bonchev–Trinajstić information content (AvgIpc) is 3.11. The fourth-order valence-corrected chi connectivity index (χ4v) is 2.95. The molecule has 0 atom stereocenters. The first-order chi connectivity index (χ1) is 8.58. The highest BCUT2D eigenvalue weighted by Crippen LogP contribution is 2.48. The van der Waals surface area contributed by atoms with Gasteiger partial charge in [-0.2, -0.15) is 0 Å². The minimum absolute atomic E-state index is 0.0112. The smallest absolute Gasteiger partial charge is 0.254 e. The molecular formula is C13H14BrClFNO. The second-order valence-corrected chi connectivity index (χ2v) is 5.92. The first kappa shape index (κ1) is 13.8. The monoisotopic (exact) mass is 333 g/mol. The summed E-state index contributed by atoms with van der Waals surface area (Å²) in [7, 11) is 0. The van der Waals surface area contributed by atoms with Gasteiger partial charge in [0.25, 0.3) is 5.91 Å². The molecule has 0 aliphatic heterocycles. The van der Waals surface area contributed by atoms with Crippen LogP contribution in [-0.2, 0) is 0 Å². The minimum atomic E-state index is -0.651. The number of nitrogens with one attached hydrogen (secondary N) is 1. The summed E-state index contributed by atoms with van der Waals surface area (Å²) in [5.74, 6) is -1.04. The predicted octanol–water partition coefficient (Wildman–Crippen LogP) is 3.77. The Morgan fingerprint density at radius 2 is 2.22 bits per heavy atom. The molecule has 0 heterocycles. The van der Waals surface area contributed by atoms with Crippen molar-refractivity contribution in [3.63, 3.8) is 0 Å². The number of carbonyl (C=O) groups excluding carboxylic acids is 1. The molecule has 0 unspecified atom stereocenters. The minimum Gasteiger partial charge on any atom is -0.351 e. The summed E-state index contributed by atoms with van der Waals surface area (Å²) in [6.45, 7) is 0.601. The Bertz CT molecular complexity index is 462. The lowest BCUT2D eigenvalue weighted by Crippen LogP contribution is -2.31. The Kier molecular flexibility index (Phi) is 4.28. The summed E-state index contributed by atoms with van der Waals surface area (Å²) in [4.78, 5) is 11.9. The van der Waals surface area contributed by atoms with Gasteiger partial charge in [0.2, 0.25) is 0 Å². The lowest BCUT2D eigenvalue weighted by Gasteiger charge is -2.14. The van der Waals surface area contributed by atoms with Crippen molar-refractivity contribution in [2.45, 2.75) is 19.3 Å². The zero-order valence-corrected chi connectivity index (χ0v) is 12.2. The number of rotatable bonds is 5. The zero-order valence-electron chi connectivity index (χ0n) is 9.81. The molecule has 0 saturated heterocycles. The molecule has 2 rings (SSSR count). The zero-order chi connectivity index (χ0) is 13.2. The van der Waals surface area contributed by atoms with Crippen molar-refractivity contribution in [1.29, 1.82) is 0 Å². The molecule has 1 aliphatic carbocycles. The van der Waals surface area contributed by atoms with Crippen molar-refractivity contribution in [3.8, 4) is 0 Å². The fraction of sp³-hybridized carbons (Fsp3) is 0.462. The summed E-state index contributed by atoms with van der Waals surface area (Å²) in [5, 5.41) is 3.70. The largest absolute Gasteiger partial charge is 0.351 e. The number of hydrogen-bond acceptors (Lipinski definition) is 1. The second kappa shape index (κ2) is 5.57. The van der Waals surface area contributed by atoms with Crippen LogP contribution in [-0.4, -0.2) is 17.8 Å². The van der Waals surface area contributed by atoms with Crippen LogP contribution in [0.2, 0.25) is 5.02 Å². The lowest BCUT2D eigenvalue weighted by molar-refractivity contribution is 0.0940. The third kappa shape index (κ3) is 3.04. The molecule has 0 spiro atoms. The molecule has 1 amide bonds. The highest BCUT2D eigenvalue weighted by molar-refractivity contribution is 9.09. The summed E-state index contributed by atoms with van der Waals surface area (Å²) < 4.78 is 13.6. The first-order valence-electron chi connectivity index (χ1n) is 5.86. The van der Waals surface area contributed by atoms with Crippen molar-refractivity contribution < 1.29 is 9.18 Å². The van der Waals surface area contributed by atoms with Gasteiger partial charge in [-0.15, -0.1) is 0 Å². The normalized spacial score (nSPS) is 16.4. The van der Waals surface area contributed by atoms with Gasteiger partial charge in [0.1, 0.15) is 0 Å². The number of carbonyl (C=O) groups is 1. The molecule has 0 bridgehead atoms. The van der Waals surface area contributed by atoms with Crippen LogP contribution in [0.25, 0.3) is 0 Å². The van der Waals surface area contributed by atoms with E-state index in [0.29, 0.717) is 6.54 Å². The predicted molar refractivity (Wildman–Crippen MR) is 73.8 cm³/mol. The van der Waals surface area contributed by atoms with Crippen LogP contribution in [0.4, 0.5) is 4.39 Å². The third-order valence-corrected chi connectivity index (χ3v) is 4.09. The average molecular weight is 335 g/mol. The SMILES string of the molecule is O=C(NCC1(CCBr)CC1)c1cccc(Cl)c1F. The molecule has 18 heavy (non-hydrogen) atoms. The van der Waals surface area contributed by atoms with Crippen molar-refractivity contribution >= 4 is 33.4 Å². The van der Waals surface area contributed by atoms with Gasteiger partial charge < -0.3 is 5.32 Å². The van der Waals surface area contributed by atoms with Gasteiger partial charge in [0, 0.05) is 11.9 Å². The Hall–Kier alpha value is -0.610. The number of amides is 1. The van der Waals surface area contributed by atoms with Gasteiger partial charge in [0.05, 0.1) is 10.6 Å². The molecular weight excluding hydrogens is 321 g/mol. The molecule has 1 fully saturated rings. The van der Waals surface area contributed by atoms with E-state index in [9.17, 15) is 9.18 Å². The molecule has 1 aliphatic rings. The van der Waals surface area contributed by atoms with E-state index in [1.54, 1.807) is 6.07 Å². The maximum atomic E-state index is 13.6. The summed E-state index contributed by atoms with van der Waals surface area (Å²) in [6.07, 6.45) is 3.28. The van der Waals surface area contributed by atoms with Crippen LogP contribution >= 0.6 is 27.5 Å². The lowest BCUT2D eigenvalue weighted by atomic mass is 10.0. The Labute approximate surface area is 119 Å². The van der Waals surface area contributed by atoms with Gasteiger partial charge in [-0.05, 0) is 36.8 Å². The molecule has 2 nitrogen and oxygen atoms in total. The van der Waals surface area contributed by atoms with E-state index >= 15 is 0 Å². The molecule has 0 aromatic heterocycles. The highest BCUT2D eigenvalue weighted by Gasteiger charge is 2.41. The van der Waals surface area contributed by atoms with Crippen LogP contribution in [0.15, 0.2) is 18.2 Å². The van der Waals surface area contributed by atoms with E-state index in [1.807, 2.05) is 0 Å². The van der Waals surface area contributed by atoms with Crippen LogP contribution < -0.4 is 5.32 Å². The Balaban J connectivity index is 1.98. The van der Waals surface area contributed by atoms with E-state index in [0.717, 1.165) is 24.6 Å². The number of benzene rings is 1. The van der Waals surface area contributed by atoms with Gasteiger partial charge in [-0.25, -0.2) is 4.39 Å². The maximum Gasteiger partial charge on any atom is 0.254 e. The van der Waals surface area contributed by atoms with Crippen LogP contribution in [0, 0.1) is 11.2 Å². The van der Waals surface area contributed by atoms with E-state index < -0.39 is 11.7 Å². The molecule has 1 aromatic carbocycles. The standard InChI is InChI=1S/C13H14BrClFNO/c14-7-6-13(4-5-13)8-17-12(18)9-2-1-3-10(15)11(9)16/h1-3H,4-8H2,(H,17,18). The molecule has 5 heteroatoms. The molecule has 1 aromatic rings. The fourth-order valence-electron chi connectivity index (χ4n) is 1.93. The van der Waals surface area contributed by atoms with Crippen LogP contribution in [0.3, 0.4) is 0 Å². The van der Waals surface area contributed by atoms with Gasteiger partial charge in [-0.3, -0.25) is 4.79 Å². The van der Waals surface area contributed by atoms with Crippen molar-refractivity contribution in [1.82, 2.24) is 5.32 Å². The molecule has 98 valence electrons. The molecule has 1 N–H and O–H groups in total. The summed E-state index contributed by atoms with van der Waals surface area (Å²) in [6, 6.07) is 4.45. The van der Waals surface area contributed by atoms with E-state index in [1.165, 1.54) is 12.1 Å². The first-order valence-corrected chi connectivity index (χ1v) is 7.36. The van der Waals surface area contributed by atoms with E-state index in [2.05, 4.69) is 21.2 Å². The maximum absolute atomic E-state index is 13.6. The summed E-state index contributed by atoms with van der Waals surface area (Å²) in [5.41, 5.74) is 0.228. The summed E-state index contributed by atoms with van der Waals surface area (Å²) >= 11 is 9.06. The van der Waals surface area contributed by atoms with Crippen molar-refractivity contribution in [2.75, 3.05) is 11.9 Å². The molecule has 0 radical (unpaired) electrons.